The fourth-order valence-corrected chi connectivity index (χ4v) is 7.88. The molecule has 0 saturated heterocycles. The number of nitrogens with zero attached hydrogens (tertiary/aromatic N) is 5. The molecule has 9 aromatic rings. The summed E-state index contributed by atoms with van der Waals surface area (Å²) in [5, 5.41) is 14.7. The van der Waals surface area contributed by atoms with Crippen molar-refractivity contribution in [2.75, 3.05) is 0 Å². The maximum Gasteiger partial charge on any atom is 0.205 e. The summed E-state index contributed by atoms with van der Waals surface area (Å²) in [4.78, 5) is 7.96. The first-order valence-corrected chi connectivity index (χ1v) is 16.7. The molecule has 0 bridgehead atoms. The predicted molar refractivity (Wildman–Crippen MR) is 208 cm³/mol. The average Bonchev–Trinajstić information content (AvgIpc) is 3.71. The highest BCUT2D eigenvalue weighted by Gasteiger charge is 2.30. The zero-order chi connectivity index (χ0) is 34.6. The summed E-state index contributed by atoms with van der Waals surface area (Å²) < 4.78 is 4.59. The molecule has 0 fully saturated rings. The third-order valence-electron chi connectivity index (χ3n) is 9.91. The largest absolute Gasteiger partial charge is 0.309 e. The zero-order valence-electron chi connectivity index (χ0n) is 27.6. The summed E-state index contributed by atoms with van der Waals surface area (Å²) in [5.74, 6) is 0. The molecule has 0 aliphatic rings. The lowest BCUT2D eigenvalue weighted by Gasteiger charge is -2.20. The number of aryl methyl sites for hydroxylation is 1. The maximum absolute atomic E-state index is 10.8. The van der Waals surface area contributed by atoms with Crippen LogP contribution in [-0.2, 0) is 0 Å². The van der Waals surface area contributed by atoms with Crippen molar-refractivity contribution in [2.45, 2.75) is 6.92 Å². The Labute approximate surface area is 294 Å². The van der Waals surface area contributed by atoms with Crippen LogP contribution in [0.2, 0.25) is 0 Å². The minimum absolute atomic E-state index is 0.309. The van der Waals surface area contributed by atoms with E-state index in [9.17, 15) is 5.26 Å². The topological polar surface area (TPSA) is 42.4 Å². The average molecular weight is 650 g/mol. The molecule has 0 saturated carbocycles. The molecule has 5 nitrogen and oxygen atoms in total. The van der Waals surface area contributed by atoms with Crippen molar-refractivity contribution in [3.63, 3.8) is 0 Å². The Morgan fingerprint density at radius 2 is 1.02 bits per heavy atom. The number of fused-ring (bicyclic) bond motifs is 6. The van der Waals surface area contributed by atoms with Crippen LogP contribution in [0.3, 0.4) is 0 Å². The minimum atomic E-state index is 0.309. The third-order valence-corrected chi connectivity index (χ3v) is 9.91. The molecule has 2 heterocycles. The van der Waals surface area contributed by atoms with E-state index in [1.165, 1.54) is 0 Å². The van der Waals surface area contributed by atoms with Gasteiger partial charge in [0.15, 0.2) is 5.69 Å². The SMILES string of the molecule is [C-]#[N+]c1cccc(-c2c3c4ccccc4n(-c4ccccc4)c3c(-c3cccc(C)c3[N+]#[C-])c3c4ccccc4n(-c4ccccc4)c23)c1C#N. The highest BCUT2D eigenvalue weighted by atomic mass is 15.0. The molecule has 0 unspecified atom stereocenters. The number of nitriles is 1. The number of hydrogen-bond acceptors (Lipinski definition) is 1. The summed E-state index contributed by atoms with van der Waals surface area (Å²) in [6.07, 6.45) is 0. The van der Waals surface area contributed by atoms with Crippen LogP contribution in [0.1, 0.15) is 11.1 Å². The second-order valence-electron chi connectivity index (χ2n) is 12.6. The molecule has 236 valence electrons. The van der Waals surface area contributed by atoms with Crippen molar-refractivity contribution in [1.29, 1.82) is 5.26 Å². The van der Waals surface area contributed by atoms with Gasteiger partial charge in [-0.2, -0.15) is 5.26 Å². The van der Waals surface area contributed by atoms with E-state index < -0.39 is 0 Å². The summed E-state index contributed by atoms with van der Waals surface area (Å²) in [6, 6.07) is 51.5. The van der Waals surface area contributed by atoms with E-state index in [0.29, 0.717) is 22.5 Å². The van der Waals surface area contributed by atoms with Gasteiger partial charge in [-0.25, -0.2) is 9.69 Å². The van der Waals surface area contributed by atoms with E-state index >= 15 is 0 Å². The lowest BCUT2D eigenvalue weighted by Crippen LogP contribution is -2.00. The van der Waals surface area contributed by atoms with Gasteiger partial charge < -0.3 is 9.13 Å². The molecule has 2 aromatic heterocycles. The van der Waals surface area contributed by atoms with Crippen molar-refractivity contribution in [1.82, 2.24) is 9.13 Å². The first-order chi connectivity index (χ1) is 25.2. The monoisotopic (exact) mass is 649 g/mol. The lowest BCUT2D eigenvalue weighted by atomic mass is 9.87. The van der Waals surface area contributed by atoms with Crippen LogP contribution >= 0.6 is 0 Å². The molecule has 5 heteroatoms. The van der Waals surface area contributed by atoms with E-state index in [2.05, 4.69) is 104 Å². The van der Waals surface area contributed by atoms with Crippen LogP contribution in [-0.4, -0.2) is 9.13 Å². The standard InChI is InChI=1S/C46H27N5/c1-29-16-14-24-35(44(29)49-3)43-42-34-22-11-13-27-39(34)50(30-17-6-4-7-18-30)45(42)40(32-23-15-25-37(48-2)36(32)28-47)41-33-21-10-12-26-38(33)51(46(41)43)31-19-8-5-9-20-31/h4-27H,1H3. The first-order valence-electron chi connectivity index (χ1n) is 16.7. The van der Waals surface area contributed by atoms with Crippen molar-refractivity contribution in [3.05, 3.63) is 180 Å². The van der Waals surface area contributed by atoms with Gasteiger partial charge in [0, 0.05) is 44.0 Å². The molecule has 0 spiro atoms. The van der Waals surface area contributed by atoms with Crippen molar-refractivity contribution < 1.29 is 0 Å². The third kappa shape index (κ3) is 4.25. The Bertz CT molecular complexity index is 2990. The van der Waals surface area contributed by atoms with E-state index in [0.717, 1.165) is 77.2 Å². The van der Waals surface area contributed by atoms with Gasteiger partial charge in [0.2, 0.25) is 5.69 Å². The van der Waals surface area contributed by atoms with Gasteiger partial charge in [-0.3, -0.25) is 0 Å². The van der Waals surface area contributed by atoms with Crippen molar-refractivity contribution in [3.8, 4) is 39.7 Å². The molecule has 0 amide bonds. The van der Waals surface area contributed by atoms with Gasteiger partial charge in [0.1, 0.15) is 0 Å². The van der Waals surface area contributed by atoms with E-state index in [1.54, 1.807) is 6.07 Å². The quantitative estimate of drug-likeness (QED) is 0.175. The number of para-hydroxylation sites is 5. The lowest BCUT2D eigenvalue weighted by molar-refractivity contribution is 1.17. The second kappa shape index (κ2) is 11.6. The molecular weight excluding hydrogens is 623 g/mol. The van der Waals surface area contributed by atoms with Crippen molar-refractivity contribution >= 4 is 55.0 Å². The summed E-state index contributed by atoms with van der Waals surface area (Å²) in [6.45, 7) is 18.5. The molecule has 0 radical (unpaired) electrons. The molecule has 9 rings (SSSR count). The van der Waals surface area contributed by atoms with E-state index in [4.69, 9.17) is 13.1 Å². The smallest absolute Gasteiger partial charge is 0.205 e. The molecule has 51 heavy (non-hydrogen) atoms. The number of aromatic nitrogens is 2. The first kappa shape index (κ1) is 29.7. The number of hydrogen-bond donors (Lipinski definition) is 0. The Balaban J connectivity index is 1.72. The van der Waals surface area contributed by atoms with Gasteiger partial charge >= 0.3 is 0 Å². The van der Waals surface area contributed by atoms with Crippen LogP contribution in [0.25, 0.3) is 86.9 Å². The molecule has 0 N–H and O–H groups in total. The maximum atomic E-state index is 10.8. The van der Waals surface area contributed by atoms with Crippen LogP contribution in [0.15, 0.2) is 146 Å². The Morgan fingerprint density at radius 1 is 0.529 bits per heavy atom. The minimum Gasteiger partial charge on any atom is -0.309 e. The molecule has 7 aromatic carbocycles. The van der Waals surface area contributed by atoms with E-state index in [-0.39, 0.29) is 0 Å². The normalized spacial score (nSPS) is 11.2. The van der Waals surface area contributed by atoms with Gasteiger partial charge in [0.25, 0.3) is 0 Å². The fraction of sp³-hybridized carbons (Fsp3) is 0.0217. The van der Waals surface area contributed by atoms with Crippen LogP contribution in [0, 0.1) is 31.4 Å². The fourth-order valence-electron chi connectivity index (χ4n) is 7.88. The van der Waals surface area contributed by atoms with Gasteiger partial charge in [0.05, 0.1) is 46.8 Å². The predicted octanol–water partition coefficient (Wildman–Crippen LogP) is 12.5. The molecule has 0 aliphatic carbocycles. The van der Waals surface area contributed by atoms with Gasteiger partial charge in [-0.1, -0.05) is 109 Å². The highest BCUT2D eigenvalue weighted by molar-refractivity contribution is 6.34. The Kier molecular flexibility index (Phi) is 6.78. The van der Waals surface area contributed by atoms with Crippen molar-refractivity contribution in [2.24, 2.45) is 0 Å². The van der Waals surface area contributed by atoms with Crippen LogP contribution in [0.4, 0.5) is 11.4 Å². The Morgan fingerprint density at radius 3 is 1.55 bits per heavy atom. The molecule has 0 aliphatic heterocycles. The summed E-state index contributed by atoms with van der Waals surface area (Å²) in [5.41, 5.74) is 11.3. The molecule has 0 atom stereocenters. The summed E-state index contributed by atoms with van der Waals surface area (Å²) >= 11 is 0. The van der Waals surface area contributed by atoms with Gasteiger partial charge in [-0.15, -0.1) is 0 Å². The highest BCUT2D eigenvalue weighted by Crippen LogP contribution is 2.54. The van der Waals surface area contributed by atoms with E-state index in [1.807, 2.05) is 67.6 Å². The number of benzene rings is 7. The van der Waals surface area contributed by atoms with Crippen LogP contribution < -0.4 is 0 Å². The number of rotatable bonds is 4. The summed E-state index contributed by atoms with van der Waals surface area (Å²) in [7, 11) is 0. The Hall–Kier alpha value is -7.39. The van der Waals surface area contributed by atoms with Crippen LogP contribution in [0.5, 0.6) is 0 Å². The second-order valence-corrected chi connectivity index (χ2v) is 12.6. The van der Waals surface area contributed by atoms with Gasteiger partial charge in [-0.05, 0) is 60.0 Å². The molecular formula is C46H27N5. The zero-order valence-corrected chi connectivity index (χ0v) is 27.6.